The van der Waals surface area contributed by atoms with E-state index in [4.69, 9.17) is 9.88 Å². The zero-order valence-corrected chi connectivity index (χ0v) is 14.8. The number of ether oxygens (including phenoxy) is 1. The smallest absolute Gasteiger partial charge is 0.331 e. The molecule has 0 unspecified atom stereocenters. The number of nitrogens with one attached hydrogen (secondary N) is 1. The molecule has 0 aliphatic carbocycles. The Bertz CT molecular complexity index is 906. The number of anilines is 1. The minimum absolute atomic E-state index is 0.0685. The number of nitrogens with two attached hydrogens (primary N) is 1. The number of sulfonamides is 1. The first-order valence-corrected chi connectivity index (χ1v) is 9.18. The van der Waals surface area contributed by atoms with Gasteiger partial charge in [-0.25, -0.2) is 18.4 Å². The molecular weight excluding hydrogens is 356 g/mol. The maximum atomic E-state index is 12.0. The molecule has 26 heavy (non-hydrogen) atoms. The summed E-state index contributed by atoms with van der Waals surface area (Å²) in [6, 6.07) is 14.5. The van der Waals surface area contributed by atoms with Crippen LogP contribution in [0, 0.1) is 0 Å². The summed E-state index contributed by atoms with van der Waals surface area (Å²) in [5.41, 5.74) is 1.18. The second-order valence-electron chi connectivity index (χ2n) is 5.38. The van der Waals surface area contributed by atoms with Crippen molar-refractivity contribution in [3.05, 3.63) is 66.2 Å². The molecule has 0 spiro atoms. The monoisotopic (exact) mass is 374 g/mol. The molecule has 0 radical (unpaired) electrons. The normalized spacial score (nSPS) is 12.5. The van der Waals surface area contributed by atoms with E-state index in [0.29, 0.717) is 5.69 Å². The van der Waals surface area contributed by atoms with Gasteiger partial charge in [0.2, 0.25) is 10.0 Å². The third-order valence-corrected chi connectivity index (χ3v) is 4.25. The molecule has 0 saturated carbocycles. The van der Waals surface area contributed by atoms with Gasteiger partial charge in [-0.15, -0.1) is 0 Å². The highest BCUT2D eigenvalue weighted by Gasteiger charge is 2.17. The summed E-state index contributed by atoms with van der Waals surface area (Å²) in [6.45, 7) is 1.43. The first kappa shape index (κ1) is 19.4. The predicted octanol–water partition coefficient (Wildman–Crippen LogP) is 1.92. The average molecular weight is 374 g/mol. The number of benzene rings is 2. The number of esters is 1. The molecule has 0 aliphatic heterocycles. The molecule has 2 rings (SSSR count). The highest BCUT2D eigenvalue weighted by molar-refractivity contribution is 7.89. The number of hydrogen-bond donors (Lipinski definition) is 2. The Kier molecular flexibility index (Phi) is 6.26. The molecule has 0 fully saturated rings. The largest absolute Gasteiger partial charge is 0.449 e. The first-order chi connectivity index (χ1) is 12.3. The molecule has 7 nitrogen and oxygen atoms in total. The van der Waals surface area contributed by atoms with E-state index in [-0.39, 0.29) is 4.90 Å². The summed E-state index contributed by atoms with van der Waals surface area (Å²) in [6.07, 6.45) is 1.79. The molecule has 1 amide bonds. The van der Waals surface area contributed by atoms with E-state index >= 15 is 0 Å². The van der Waals surface area contributed by atoms with Gasteiger partial charge >= 0.3 is 5.97 Å². The van der Waals surface area contributed by atoms with Gasteiger partial charge in [0.25, 0.3) is 5.91 Å². The minimum Gasteiger partial charge on any atom is -0.449 e. The second-order valence-corrected chi connectivity index (χ2v) is 6.94. The molecular formula is C18H18N2O5S. The fourth-order valence-corrected chi connectivity index (χ4v) is 2.48. The highest BCUT2D eigenvalue weighted by Crippen LogP contribution is 2.13. The molecule has 0 bridgehead atoms. The number of amides is 1. The van der Waals surface area contributed by atoms with E-state index < -0.39 is 28.0 Å². The van der Waals surface area contributed by atoms with Gasteiger partial charge in [0, 0.05) is 11.8 Å². The van der Waals surface area contributed by atoms with E-state index in [1.54, 1.807) is 6.08 Å². The van der Waals surface area contributed by atoms with Crippen molar-refractivity contribution in [1.82, 2.24) is 0 Å². The molecule has 1 atom stereocenters. The van der Waals surface area contributed by atoms with Crippen LogP contribution in [0.2, 0.25) is 0 Å². The van der Waals surface area contributed by atoms with Crippen molar-refractivity contribution in [1.29, 1.82) is 0 Å². The Morgan fingerprint density at radius 3 is 2.27 bits per heavy atom. The van der Waals surface area contributed by atoms with Gasteiger partial charge < -0.3 is 10.1 Å². The maximum Gasteiger partial charge on any atom is 0.331 e. The Balaban J connectivity index is 1.91. The van der Waals surface area contributed by atoms with E-state index in [1.807, 2.05) is 30.3 Å². The topological polar surface area (TPSA) is 116 Å². The van der Waals surface area contributed by atoms with Gasteiger partial charge in [0.1, 0.15) is 0 Å². The van der Waals surface area contributed by atoms with Crippen molar-refractivity contribution in [2.45, 2.75) is 17.9 Å². The highest BCUT2D eigenvalue weighted by atomic mass is 32.2. The Hall–Kier alpha value is -2.97. The number of primary sulfonamides is 1. The van der Waals surface area contributed by atoms with E-state index in [1.165, 1.54) is 37.3 Å². The summed E-state index contributed by atoms with van der Waals surface area (Å²) >= 11 is 0. The molecule has 0 aromatic heterocycles. The average Bonchev–Trinajstić information content (AvgIpc) is 2.60. The van der Waals surface area contributed by atoms with E-state index in [0.717, 1.165) is 5.56 Å². The van der Waals surface area contributed by atoms with Gasteiger partial charge in [-0.3, -0.25) is 4.79 Å². The van der Waals surface area contributed by atoms with Crippen molar-refractivity contribution >= 4 is 33.7 Å². The number of carbonyl (C=O) groups is 2. The third-order valence-electron chi connectivity index (χ3n) is 3.32. The van der Waals surface area contributed by atoms with Crippen LogP contribution in [0.5, 0.6) is 0 Å². The van der Waals surface area contributed by atoms with Gasteiger partial charge in [0.15, 0.2) is 6.10 Å². The molecule has 8 heteroatoms. The van der Waals surface area contributed by atoms with Crippen LogP contribution in [0.3, 0.4) is 0 Å². The number of rotatable bonds is 6. The van der Waals surface area contributed by atoms with Gasteiger partial charge in [-0.2, -0.15) is 0 Å². The maximum absolute atomic E-state index is 12.0. The fourth-order valence-electron chi connectivity index (χ4n) is 1.97. The van der Waals surface area contributed by atoms with Gasteiger partial charge in [-0.1, -0.05) is 30.3 Å². The molecule has 0 saturated heterocycles. The molecule has 3 N–H and O–H groups in total. The second kappa shape index (κ2) is 8.41. The van der Waals surface area contributed by atoms with Crippen molar-refractivity contribution in [2.24, 2.45) is 5.14 Å². The van der Waals surface area contributed by atoms with Crippen LogP contribution in [-0.4, -0.2) is 26.4 Å². The summed E-state index contributed by atoms with van der Waals surface area (Å²) in [7, 11) is -3.80. The zero-order valence-electron chi connectivity index (χ0n) is 14.0. The summed E-state index contributed by atoms with van der Waals surface area (Å²) in [5, 5.41) is 7.53. The lowest BCUT2D eigenvalue weighted by molar-refractivity contribution is -0.148. The van der Waals surface area contributed by atoms with Gasteiger partial charge in [-0.05, 0) is 42.8 Å². The van der Waals surface area contributed by atoms with Crippen molar-refractivity contribution in [3.63, 3.8) is 0 Å². The van der Waals surface area contributed by atoms with Gasteiger partial charge in [0.05, 0.1) is 4.90 Å². The Labute approximate surface area is 151 Å². The minimum atomic E-state index is -3.80. The lowest BCUT2D eigenvalue weighted by Crippen LogP contribution is -2.29. The SMILES string of the molecule is C[C@H](OC(=O)/C=C/c1ccccc1)C(=O)Nc1ccc(S(N)(=O)=O)cc1. The molecule has 2 aromatic carbocycles. The molecule has 2 aromatic rings. The molecule has 0 aliphatic rings. The summed E-state index contributed by atoms with van der Waals surface area (Å²) in [5.74, 6) is -1.20. The molecule has 0 heterocycles. The molecule has 136 valence electrons. The van der Waals surface area contributed by atoms with Crippen LogP contribution in [0.4, 0.5) is 5.69 Å². The van der Waals surface area contributed by atoms with E-state index in [2.05, 4.69) is 5.32 Å². The van der Waals surface area contributed by atoms with Crippen molar-refractivity contribution in [3.8, 4) is 0 Å². The van der Waals surface area contributed by atoms with Crippen LogP contribution in [0.25, 0.3) is 6.08 Å². The summed E-state index contributed by atoms with van der Waals surface area (Å²) < 4.78 is 27.4. The summed E-state index contributed by atoms with van der Waals surface area (Å²) in [4.78, 5) is 23.7. The fraction of sp³-hybridized carbons (Fsp3) is 0.111. The Morgan fingerprint density at radius 2 is 1.69 bits per heavy atom. The lowest BCUT2D eigenvalue weighted by atomic mass is 10.2. The lowest BCUT2D eigenvalue weighted by Gasteiger charge is -2.12. The van der Waals surface area contributed by atoms with Crippen LogP contribution in [0.15, 0.2) is 65.6 Å². The standard InChI is InChI=1S/C18H18N2O5S/c1-13(25-17(21)12-7-14-5-3-2-4-6-14)18(22)20-15-8-10-16(11-9-15)26(19,23)24/h2-13H,1H3,(H,20,22)(H2,19,23,24)/b12-7+/t13-/m0/s1. The number of hydrogen-bond acceptors (Lipinski definition) is 5. The van der Waals surface area contributed by atoms with Crippen molar-refractivity contribution in [2.75, 3.05) is 5.32 Å². The van der Waals surface area contributed by atoms with Crippen LogP contribution < -0.4 is 10.5 Å². The van der Waals surface area contributed by atoms with E-state index in [9.17, 15) is 18.0 Å². The number of carbonyl (C=O) groups excluding carboxylic acids is 2. The van der Waals surface area contributed by atoms with Crippen LogP contribution in [-0.2, 0) is 24.3 Å². The quantitative estimate of drug-likeness (QED) is 0.592. The van der Waals surface area contributed by atoms with Crippen LogP contribution >= 0.6 is 0 Å². The third kappa shape index (κ3) is 5.83. The van der Waals surface area contributed by atoms with Crippen LogP contribution in [0.1, 0.15) is 12.5 Å². The van der Waals surface area contributed by atoms with Crippen molar-refractivity contribution < 1.29 is 22.7 Å². The predicted molar refractivity (Wildman–Crippen MR) is 97.5 cm³/mol. The first-order valence-electron chi connectivity index (χ1n) is 7.63. The zero-order chi connectivity index (χ0) is 19.2. The Morgan fingerprint density at radius 1 is 1.08 bits per heavy atom.